The molecular weight excluding hydrogens is 546 g/mol. The minimum atomic E-state index is -4.66. The molecule has 1 fully saturated rings. The fourth-order valence-electron chi connectivity index (χ4n) is 3.47. The highest BCUT2D eigenvalue weighted by Crippen LogP contribution is 2.31. The van der Waals surface area contributed by atoms with E-state index < -0.39 is 24.1 Å². The summed E-state index contributed by atoms with van der Waals surface area (Å²) in [5.74, 6) is -2.75. The molecule has 2 aromatic carbocycles. The lowest BCUT2D eigenvalue weighted by Crippen LogP contribution is -2.33. The maximum absolute atomic E-state index is 12.4. The molecule has 212 valence electrons. The van der Waals surface area contributed by atoms with Crippen LogP contribution in [0.4, 0.5) is 32.0 Å². The number of nitrogens with zero attached hydrogens (tertiary/aromatic N) is 4. The van der Waals surface area contributed by atoms with E-state index in [-0.39, 0.29) is 23.5 Å². The van der Waals surface area contributed by atoms with Crippen molar-refractivity contribution in [3.8, 4) is 22.8 Å². The van der Waals surface area contributed by atoms with Gasteiger partial charge in [-0.1, -0.05) is 41.0 Å². The lowest BCUT2D eigenvalue weighted by molar-refractivity contribution is -0.160. The van der Waals surface area contributed by atoms with Gasteiger partial charge in [0.25, 0.3) is 0 Å². The highest BCUT2D eigenvalue weighted by atomic mass is 19.4. The van der Waals surface area contributed by atoms with Crippen molar-refractivity contribution >= 4 is 11.6 Å². The number of benzene rings is 2. The first kappa shape index (κ1) is 28.6. The predicted molar refractivity (Wildman–Crippen MR) is 128 cm³/mol. The van der Waals surface area contributed by atoms with Crippen LogP contribution in [0.5, 0.6) is 0 Å². The van der Waals surface area contributed by atoms with E-state index in [9.17, 15) is 31.1 Å². The van der Waals surface area contributed by atoms with Gasteiger partial charge in [-0.25, -0.2) is 0 Å². The third-order valence-electron chi connectivity index (χ3n) is 5.92. The first-order valence-corrected chi connectivity index (χ1v) is 11.9. The molecule has 15 heteroatoms. The summed E-state index contributed by atoms with van der Waals surface area (Å²) < 4.78 is 82.3. The summed E-state index contributed by atoms with van der Waals surface area (Å²) in [5, 5.41) is 12.3. The van der Waals surface area contributed by atoms with Crippen molar-refractivity contribution in [2.24, 2.45) is 5.92 Å². The molecule has 2 N–H and O–H groups in total. The number of halogens is 6. The smallest absolute Gasteiger partial charge is 0.388 e. The second kappa shape index (κ2) is 11.8. The molecule has 5 rings (SSSR count). The normalized spacial score (nSPS) is 13.7. The van der Waals surface area contributed by atoms with E-state index in [0.29, 0.717) is 17.7 Å². The summed E-state index contributed by atoms with van der Waals surface area (Å²) in [6, 6.07) is 13.2. The van der Waals surface area contributed by atoms with Crippen LogP contribution >= 0.6 is 0 Å². The molecule has 1 saturated carbocycles. The number of carbonyl (C=O) groups excluding carboxylic acids is 1. The fraction of sp³-hybridized carbons (Fsp3) is 0.320. The van der Waals surface area contributed by atoms with Crippen molar-refractivity contribution in [3.05, 3.63) is 65.9 Å². The number of amides is 1. The van der Waals surface area contributed by atoms with Gasteiger partial charge in [-0.15, -0.1) is 0 Å². The number of alkyl halides is 6. The van der Waals surface area contributed by atoms with Gasteiger partial charge in [-0.2, -0.15) is 36.3 Å². The molecule has 40 heavy (non-hydrogen) atoms. The van der Waals surface area contributed by atoms with Gasteiger partial charge in [0, 0.05) is 36.3 Å². The fourth-order valence-corrected chi connectivity index (χ4v) is 3.47. The van der Waals surface area contributed by atoms with E-state index in [1.165, 1.54) is 0 Å². The van der Waals surface area contributed by atoms with Crippen LogP contribution in [0.2, 0.25) is 0 Å². The van der Waals surface area contributed by atoms with Crippen LogP contribution in [-0.4, -0.2) is 33.2 Å². The lowest BCUT2D eigenvalue weighted by atomic mass is 9.85. The second-order valence-corrected chi connectivity index (χ2v) is 8.71. The van der Waals surface area contributed by atoms with Crippen molar-refractivity contribution in [3.63, 3.8) is 0 Å². The van der Waals surface area contributed by atoms with Crippen molar-refractivity contribution in [1.29, 1.82) is 0 Å². The Hall–Kier alpha value is -4.43. The number of rotatable bonds is 6. The van der Waals surface area contributed by atoms with E-state index in [1.54, 1.807) is 55.6 Å². The molecule has 2 heterocycles. The summed E-state index contributed by atoms with van der Waals surface area (Å²) in [6.07, 6.45) is -6.31. The van der Waals surface area contributed by atoms with Crippen molar-refractivity contribution in [1.82, 2.24) is 25.6 Å². The third-order valence-corrected chi connectivity index (χ3v) is 5.92. The Bertz CT molecular complexity index is 1410. The van der Waals surface area contributed by atoms with E-state index in [4.69, 9.17) is 0 Å². The molecular formula is C25H22F6N6O3. The Balaban J connectivity index is 0.000000194. The molecule has 1 aliphatic carbocycles. The number of hydrogen-bond donors (Lipinski definition) is 2. The Morgan fingerprint density at radius 2 is 1.30 bits per heavy atom. The molecule has 0 aliphatic heterocycles. The van der Waals surface area contributed by atoms with Crippen LogP contribution in [0.15, 0.2) is 57.6 Å². The molecule has 0 bridgehead atoms. The zero-order valence-electron chi connectivity index (χ0n) is 20.8. The van der Waals surface area contributed by atoms with Gasteiger partial charge in [0.2, 0.25) is 17.6 Å². The standard InChI is InChI=1S/C15H14F3N3O2.C10H8F3N3O/c16-15(17,18)14-20-12(21-23-14)10-6-4-9(5-7-10)8-19-13(22)11-2-1-3-11;1-14-7-4-2-6(3-5-7)8-15-9(17-16-8)10(11,12)13/h4-7,11H,1-3,8H2,(H,19,22);2-5,14H,1H3. The monoisotopic (exact) mass is 568 g/mol. The van der Waals surface area contributed by atoms with Gasteiger partial charge in [-0.05, 0) is 42.7 Å². The first-order chi connectivity index (χ1) is 18.9. The maximum atomic E-state index is 12.4. The average molecular weight is 568 g/mol. The molecule has 2 aromatic heterocycles. The SMILES string of the molecule is CNc1ccc(-c2noc(C(F)(F)F)n2)cc1.O=C(NCc1ccc(-c2noc(C(F)(F)F)n2)cc1)C1CCC1. The third kappa shape index (κ3) is 7.15. The van der Waals surface area contributed by atoms with Gasteiger partial charge in [0.1, 0.15) is 0 Å². The number of anilines is 1. The largest absolute Gasteiger partial charge is 0.471 e. The Morgan fingerprint density at radius 3 is 1.68 bits per heavy atom. The quantitative estimate of drug-likeness (QED) is 0.273. The molecule has 4 aromatic rings. The zero-order chi connectivity index (χ0) is 28.9. The molecule has 0 unspecified atom stereocenters. The zero-order valence-corrected chi connectivity index (χ0v) is 20.8. The van der Waals surface area contributed by atoms with Gasteiger partial charge in [0.05, 0.1) is 0 Å². The number of aromatic nitrogens is 4. The Kier molecular flexibility index (Phi) is 8.40. The van der Waals surface area contributed by atoms with E-state index in [1.807, 2.05) is 0 Å². The summed E-state index contributed by atoms with van der Waals surface area (Å²) >= 11 is 0. The maximum Gasteiger partial charge on any atom is 0.471 e. The lowest BCUT2D eigenvalue weighted by Gasteiger charge is -2.24. The highest BCUT2D eigenvalue weighted by Gasteiger charge is 2.39. The number of nitrogens with one attached hydrogen (secondary N) is 2. The molecule has 1 aliphatic rings. The van der Waals surface area contributed by atoms with Gasteiger partial charge in [-0.3, -0.25) is 4.79 Å². The Labute approximate surface area is 223 Å². The summed E-state index contributed by atoms with van der Waals surface area (Å²) in [7, 11) is 1.74. The molecule has 0 saturated heterocycles. The van der Waals surface area contributed by atoms with Crippen LogP contribution < -0.4 is 10.6 Å². The molecule has 0 radical (unpaired) electrons. The van der Waals surface area contributed by atoms with Gasteiger partial charge < -0.3 is 19.7 Å². The minimum Gasteiger partial charge on any atom is -0.388 e. The van der Waals surface area contributed by atoms with Crippen LogP contribution in [0, 0.1) is 5.92 Å². The minimum absolute atomic E-state index is 0.0494. The molecule has 0 spiro atoms. The second-order valence-electron chi connectivity index (χ2n) is 8.71. The molecule has 0 atom stereocenters. The van der Waals surface area contributed by atoms with Crippen molar-refractivity contribution in [2.45, 2.75) is 38.2 Å². The van der Waals surface area contributed by atoms with E-state index in [2.05, 4.69) is 40.0 Å². The number of hydrogen-bond acceptors (Lipinski definition) is 8. The highest BCUT2D eigenvalue weighted by molar-refractivity contribution is 5.79. The number of carbonyl (C=O) groups is 1. The summed E-state index contributed by atoms with van der Waals surface area (Å²) in [4.78, 5) is 18.3. The van der Waals surface area contributed by atoms with Crippen LogP contribution in [0.25, 0.3) is 22.8 Å². The van der Waals surface area contributed by atoms with Crippen LogP contribution in [0.1, 0.15) is 36.6 Å². The van der Waals surface area contributed by atoms with Crippen molar-refractivity contribution < 1.29 is 40.2 Å². The molecule has 9 nitrogen and oxygen atoms in total. The van der Waals surface area contributed by atoms with Crippen molar-refractivity contribution in [2.75, 3.05) is 12.4 Å². The first-order valence-electron chi connectivity index (χ1n) is 11.9. The van der Waals surface area contributed by atoms with Gasteiger partial charge >= 0.3 is 24.1 Å². The topological polar surface area (TPSA) is 119 Å². The summed E-state index contributed by atoms with van der Waals surface area (Å²) in [6.45, 7) is 0.385. The average Bonchev–Trinajstić information content (AvgIpc) is 3.58. The van der Waals surface area contributed by atoms with Gasteiger partial charge in [0.15, 0.2) is 0 Å². The van der Waals surface area contributed by atoms with E-state index >= 15 is 0 Å². The summed E-state index contributed by atoms with van der Waals surface area (Å²) in [5.41, 5.74) is 2.57. The predicted octanol–water partition coefficient (Wildman–Crippen LogP) is 5.97. The van der Waals surface area contributed by atoms with Crippen LogP contribution in [-0.2, 0) is 23.7 Å². The molecule has 1 amide bonds. The Morgan fingerprint density at radius 1 is 0.825 bits per heavy atom. The van der Waals surface area contributed by atoms with E-state index in [0.717, 1.165) is 30.5 Å². The van der Waals surface area contributed by atoms with Crippen LogP contribution in [0.3, 0.4) is 0 Å².